The van der Waals surface area contributed by atoms with Crippen LogP contribution in [0.2, 0.25) is 0 Å². The molecule has 0 N–H and O–H groups in total. The monoisotopic (exact) mass is 340 g/mol. The first-order valence-corrected chi connectivity index (χ1v) is 8.76. The first-order valence-electron chi connectivity index (χ1n) is 8.76. The van der Waals surface area contributed by atoms with Gasteiger partial charge in [-0.3, -0.25) is 4.99 Å². The van der Waals surface area contributed by atoms with Crippen molar-refractivity contribution in [1.29, 1.82) is 0 Å². The molecule has 0 aromatic heterocycles. The zero-order chi connectivity index (χ0) is 18.9. The summed E-state index contributed by atoms with van der Waals surface area (Å²) in [5.41, 5.74) is 4.63. The fourth-order valence-electron chi connectivity index (χ4n) is 2.46. The summed E-state index contributed by atoms with van der Waals surface area (Å²) in [7, 11) is 1.75. The lowest BCUT2D eigenvalue weighted by atomic mass is 9.88. The molecule has 2 aromatic carbocycles. The second-order valence-corrected chi connectivity index (χ2v) is 6.18. The van der Waals surface area contributed by atoms with Gasteiger partial charge >= 0.3 is 0 Å². The van der Waals surface area contributed by atoms with Gasteiger partial charge in [-0.2, -0.15) is 0 Å². The van der Waals surface area contributed by atoms with E-state index >= 15 is 0 Å². The van der Waals surface area contributed by atoms with Crippen LogP contribution in [0, 0.1) is 5.82 Å². The van der Waals surface area contributed by atoms with Crippen LogP contribution in [0.1, 0.15) is 45.7 Å². The molecule has 134 valence electrons. The van der Waals surface area contributed by atoms with Crippen molar-refractivity contribution in [2.45, 2.75) is 46.6 Å². The number of hydrogen-bond acceptors (Lipinski definition) is 2. The van der Waals surface area contributed by atoms with Gasteiger partial charge in [0.2, 0.25) is 0 Å². The molecule has 0 bridgehead atoms. The molecule has 0 saturated heterocycles. The van der Waals surface area contributed by atoms with Gasteiger partial charge in [-0.15, -0.1) is 0 Å². The van der Waals surface area contributed by atoms with Gasteiger partial charge < -0.3 is 4.99 Å². The highest BCUT2D eigenvalue weighted by Crippen LogP contribution is 2.28. The molecule has 1 aliphatic heterocycles. The van der Waals surface area contributed by atoms with Crippen molar-refractivity contribution in [3.05, 3.63) is 59.4 Å². The molecule has 25 heavy (non-hydrogen) atoms. The van der Waals surface area contributed by atoms with E-state index in [9.17, 15) is 4.39 Å². The molecular formula is C22H29FN2. The molecular weight excluding hydrogens is 311 g/mol. The van der Waals surface area contributed by atoms with E-state index in [-0.39, 0.29) is 11.4 Å². The van der Waals surface area contributed by atoms with Crippen LogP contribution in [0.4, 0.5) is 4.39 Å². The van der Waals surface area contributed by atoms with Crippen molar-refractivity contribution in [2.75, 3.05) is 7.05 Å². The van der Waals surface area contributed by atoms with Crippen LogP contribution in [0.25, 0.3) is 11.1 Å². The summed E-state index contributed by atoms with van der Waals surface area (Å²) in [5.74, 6) is -0.199. The van der Waals surface area contributed by atoms with Gasteiger partial charge in [-0.05, 0) is 67.8 Å². The summed E-state index contributed by atoms with van der Waals surface area (Å²) in [5, 5.41) is 0. The first kappa shape index (κ1) is 20.8. The summed E-state index contributed by atoms with van der Waals surface area (Å²) in [6.07, 6.45) is 4.64. The van der Waals surface area contributed by atoms with Crippen LogP contribution in [0.15, 0.2) is 52.4 Å². The molecule has 3 heteroatoms. The number of nitrogens with zero attached hydrogens (tertiary/aromatic N) is 2. The van der Waals surface area contributed by atoms with Crippen LogP contribution in [0.5, 0.6) is 0 Å². The molecule has 0 unspecified atom stereocenters. The van der Waals surface area contributed by atoms with E-state index in [1.54, 1.807) is 13.3 Å². The SMILES string of the molecule is CC.CC1(C)Cc2cc(-c3ccc(F)cc3)ccc2C=N1.CC=NC. The van der Waals surface area contributed by atoms with Gasteiger partial charge in [0, 0.05) is 13.3 Å². The normalized spacial score (nSPS) is 14.0. The molecule has 0 fully saturated rings. The lowest BCUT2D eigenvalue weighted by Crippen LogP contribution is -2.24. The highest BCUT2D eigenvalue weighted by molar-refractivity contribution is 5.85. The third-order valence-electron chi connectivity index (χ3n) is 3.75. The standard InChI is InChI=1S/C17H16FN.C3H7N.C2H6/c1-17(2)10-15-9-13(3-4-14(15)11-19-17)12-5-7-16(18)8-6-12;1-3-4-2;1-2/h3-9,11H,10H2,1-2H3;3H,1-2H3;1-2H3. The zero-order valence-electron chi connectivity index (χ0n) is 16.2. The maximum Gasteiger partial charge on any atom is 0.123 e. The first-order chi connectivity index (χ1) is 11.9. The molecule has 0 spiro atoms. The fraction of sp³-hybridized carbons (Fsp3) is 0.364. The smallest absolute Gasteiger partial charge is 0.123 e. The number of benzene rings is 2. The van der Waals surface area contributed by atoms with Crippen LogP contribution in [-0.2, 0) is 6.42 Å². The van der Waals surface area contributed by atoms with Gasteiger partial charge in [0.15, 0.2) is 0 Å². The van der Waals surface area contributed by atoms with Crippen molar-refractivity contribution in [2.24, 2.45) is 9.98 Å². The molecule has 3 rings (SSSR count). The molecule has 0 atom stereocenters. The number of halogens is 1. The van der Waals surface area contributed by atoms with Crippen LogP contribution in [0.3, 0.4) is 0 Å². The number of aliphatic imine (C=N–C) groups is 2. The summed E-state index contributed by atoms with van der Waals surface area (Å²) in [4.78, 5) is 8.15. The maximum atomic E-state index is 13.0. The topological polar surface area (TPSA) is 24.7 Å². The largest absolute Gasteiger partial charge is 0.301 e. The van der Waals surface area contributed by atoms with Crippen molar-refractivity contribution < 1.29 is 4.39 Å². The Morgan fingerprint density at radius 3 is 2.16 bits per heavy atom. The molecule has 2 nitrogen and oxygen atoms in total. The van der Waals surface area contributed by atoms with E-state index in [2.05, 4.69) is 42.0 Å². The Morgan fingerprint density at radius 1 is 1.04 bits per heavy atom. The highest BCUT2D eigenvalue weighted by atomic mass is 19.1. The van der Waals surface area contributed by atoms with Crippen molar-refractivity contribution in [3.63, 3.8) is 0 Å². The van der Waals surface area contributed by atoms with Crippen LogP contribution < -0.4 is 0 Å². The van der Waals surface area contributed by atoms with E-state index < -0.39 is 0 Å². The Hall–Kier alpha value is -2.29. The van der Waals surface area contributed by atoms with Gasteiger partial charge in [0.25, 0.3) is 0 Å². The molecule has 2 aromatic rings. The number of hydrogen-bond donors (Lipinski definition) is 0. The minimum Gasteiger partial charge on any atom is -0.301 e. The Labute approximate surface area is 151 Å². The third-order valence-corrected chi connectivity index (χ3v) is 3.75. The average molecular weight is 340 g/mol. The molecule has 0 amide bonds. The minimum atomic E-state index is -0.199. The second-order valence-electron chi connectivity index (χ2n) is 6.18. The van der Waals surface area contributed by atoms with E-state index in [4.69, 9.17) is 0 Å². The average Bonchev–Trinajstić information content (AvgIpc) is 2.63. The van der Waals surface area contributed by atoms with Crippen molar-refractivity contribution in [1.82, 2.24) is 0 Å². The molecule has 0 saturated carbocycles. The minimum absolute atomic E-state index is 0.0333. The number of fused-ring (bicyclic) bond motifs is 1. The Balaban J connectivity index is 0.000000461. The van der Waals surface area contributed by atoms with E-state index in [0.717, 1.165) is 17.5 Å². The molecule has 1 heterocycles. The summed E-state index contributed by atoms with van der Waals surface area (Å²) in [6, 6.07) is 13.0. The Bertz CT molecular complexity index is 709. The summed E-state index contributed by atoms with van der Waals surface area (Å²) < 4.78 is 13.0. The van der Waals surface area contributed by atoms with Crippen LogP contribution in [-0.4, -0.2) is 25.0 Å². The van der Waals surface area contributed by atoms with Gasteiger partial charge in [-0.25, -0.2) is 4.39 Å². The van der Waals surface area contributed by atoms with Crippen LogP contribution >= 0.6 is 0 Å². The van der Waals surface area contributed by atoms with Crippen molar-refractivity contribution >= 4 is 12.4 Å². The molecule has 0 radical (unpaired) electrons. The van der Waals surface area contributed by atoms with Gasteiger partial charge in [0.1, 0.15) is 5.82 Å². The summed E-state index contributed by atoms with van der Waals surface area (Å²) >= 11 is 0. The fourth-order valence-corrected chi connectivity index (χ4v) is 2.46. The second kappa shape index (κ2) is 9.87. The Morgan fingerprint density at radius 2 is 1.60 bits per heavy atom. The van der Waals surface area contributed by atoms with Gasteiger partial charge in [0.05, 0.1) is 5.54 Å². The quantitative estimate of drug-likeness (QED) is 0.571. The highest BCUT2D eigenvalue weighted by Gasteiger charge is 2.21. The van der Waals surface area contributed by atoms with E-state index in [1.807, 2.05) is 39.1 Å². The predicted molar refractivity (Wildman–Crippen MR) is 109 cm³/mol. The molecule has 0 aliphatic carbocycles. The zero-order valence-corrected chi connectivity index (χ0v) is 16.2. The maximum absolute atomic E-state index is 13.0. The lowest BCUT2D eigenvalue weighted by molar-refractivity contribution is 0.516. The summed E-state index contributed by atoms with van der Waals surface area (Å²) in [6.45, 7) is 10.2. The Kier molecular flexibility index (Phi) is 8.20. The molecule has 1 aliphatic rings. The van der Waals surface area contributed by atoms with E-state index in [0.29, 0.717) is 0 Å². The third kappa shape index (κ3) is 6.26. The lowest BCUT2D eigenvalue weighted by Gasteiger charge is -2.25. The number of rotatable bonds is 1. The van der Waals surface area contributed by atoms with Gasteiger partial charge in [-0.1, -0.05) is 44.2 Å². The van der Waals surface area contributed by atoms with Crippen molar-refractivity contribution in [3.8, 4) is 11.1 Å². The van der Waals surface area contributed by atoms with E-state index in [1.165, 1.54) is 23.3 Å². The predicted octanol–water partition coefficient (Wildman–Crippen LogP) is 5.98.